The van der Waals surface area contributed by atoms with E-state index in [0.29, 0.717) is 23.4 Å². The summed E-state index contributed by atoms with van der Waals surface area (Å²) in [6, 6.07) is 4.90. The Labute approximate surface area is 134 Å². The van der Waals surface area contributed by atoms with Gasteiger partial charge in [0.15, 0.2) is 0 Å². The standard InChI is InChI=1S/C12H18BrNO5S2/c1-3-19-12-5-4-11(8-10(12)9-13)14-21(17,18)7-6-20(2,15)16/h4-5,8,14H,3,6-7,9H2,1-2H3. The van der Waals surface area contributed by atoms with Crippen LogP contribution < -0.4 is 9.46 Å². The second kappa shape index (κ2) is 7.46. The van der Waals surface area contributed by atoms with Gasteiger partial charge in [0.2, 0.25) is 10.0 Å². The third-order valence-electron chi connectivity index (χ3n) is 2.50. The molecule has 1 N–H and O–H groups in total. The molecule has 6 nitrogen and oxygen atoms in total. The Kier molecular flexibility index (Phi) is 6.48. The molecule has 0 aliphatic heterocycles. The molecule has 0 spiro atoms. The van der Waals surface area contributed by atoms with Gasteiger partial charge in [0, 0.05) is 22.8 Å². The van der Waals surface area contributed by atoms with Crippen molar-refractivity contribution >= 4 is 41.5 Å². The van der Waals surface area contributed by atoms with E-state index in [2.05, 4.69) is 20.7 Å². The van der Waals surface area contributed by atoms with E-state index in [0.717, 1.165) is 11.8 Å². The van der Waals surface area contributed by atoms with Crippen molar-refractivity contribution < 1.29 is 21.6 Å². The average Bonchev–Trinajstić information content (AvgIpc) is 2.37. The van der Waals surface area contributed by atoms with Gasteiger partial charge in [-0.05, 0) is 25.1 Å². The first kappa shape index (κ1) is 18.2. The fourth-order valence-electron chi connectivity index (χ4n) is 1.54. The molecule has 9 heteroatoms. The summed E-state index contributed by atoms with van der Waals surface area (Å²) in [5, 5.41) is 0.515. The lowest BCUT2D eigenvalue weighted by Gasteiger charge is -2.12. The Bertz CT molecular complexity index is 686. The predicted octanol–water partition coefficient (Wildman–Crippen LogP) is 1.77. The van der Waals surface area contributed by atoms with Crippen molar-refractivity contribution in [2.45, 2.75) is 12.3 Å². The molecule has 120 valence electrons. The minimum absolute atomic E-state index is 0.376. The highest BCUT2D eigenvalue weighted by atomic mass is 79.9. The van der Waals surface area contributed by atoms with E-state index in [1.54, 1.807) is 18.2 Å². The van der Waals surface area contributed by atoms with Gasteiger partial charge in [-0.3, -0.25) is 4.72 Å². The van der Waals surface area contributed by atoms with Gasteiger partial charge in [0.25, 0.3) is 0 Å². The molecular weight excluding hydrogens is 382 g/mol. The zero-order valence-electron chi connectivity index (χ0n) is 11.8. The summed E-state index contributed by atoms with van der Waals surface area (Å²) in [5.41, 5.74) is 1.18. The molecule has 1 rings (SSSR count). The van der Waals surface area contributed by atoms with Gasteiger partial charge in [0.05, 0.1) is 18.1 Å². The monoisotopic (exact) mass is 399 g/mol. The molecular formula is C12H18BrNO5S2. The van der Waals surface area contributed by atoms with Gasteiger partial charge in [-0.2, -0.15) is 0 Å². The van der Waals surface area contributed by atoms with Gasteiger partial charge in [-0.15, -0.1) is 0 Å². The molecule has 0 unspecified atom stereocenters. The van der Waals surface area contributed by atoms with E-state index in [4.69, 9.17) is 4.74 Å². The Morgan fingerprint density at radius 3 is 2.38 bits per heavy atom. The summed E-state index contributed by atoms with van der Waals surface area (Å²) in [6.45, 7) is 2.37. The van der Waals surface area contributed by atoms with Crippen LogP contribution in [0, 0.1) is 0 Å². The third kappa shape index (κ3) is 6.66. The summed E-state index contributed by atoms with van der Waals surface area (Å²) in [7, 11) is -7.03. The van der Waals surface area contributed by atoms with Crippen molar-refractivity contribution in [2.75, 3.05) is 29.1 Å². The minimum Gasteiger partial charge on any atom is -0.494 e. The van der Waals surface area contributed by atoms with Crippen molar-refractivity contribution in [1.29, 1.82) is 0 Å². The summed E-state index contributed by atoms with van der Waals surface area (Å²) < 4.78 is 53.5. The highest BCUT2D eigenvalue weighted by molar-refractivity contribution is 9.08. The predicted molar refractivity (Wildman–Crippen MR) is 87.4 cm³/mol. The first-order valence-corrected chi connectivity index (χ1v) is 11.0. The van der Waals surface area contributed by atoms with Crippen LogP contribution >= 0.6 is 15.9 Å². The first-order chi connectivity index (χ1) is 9.67. The first-order valence-electron chi connectivity index (χ1n) is 6.17. The Hall–Kier alpha value is -0.800. The SMILES string of the molecule is CCOc1ccc(NS(=O)(=O)CCS(C)(=O)=O)cc1CBr. The van der Waals surface area contributed by atoms with Gasteiger partial charge in [0.1, 0.15) is 15.6 Å². The van der Waals surface area contributed by atoms with E-state index in [9.17, 15) is 16.8 Å². The lowest BCUT2D eigenvalue weighted by atomic mass is 10.2. The number of hydrogen-bond donors (Lipinski definition) is 1. The van der Waals surface area contributed by atoms with E-state index in [-0.39, 0.29) is 0 Å². The molecule has 1 aromatic rings. The zero-order chi connectivity index (χ0) is 16.1. The Morgan fingerprint density at radius 1 is 1.19 bits per heavy atom. The van der Waals surface area contributed by atoms with E-state index < -0.39 is 31.4 Å². The maximum atomic E-state index is 11.8. The summed E-state index contributed by atoms with van der Waals surface area (Å²) in [6.07, 6.45) is 1.00. The summed E-state index contributed by atoms with van der Waals surface area (Å²) in [5.74, 6) is -0.207. The molecule has 0 saturated carbocycles. The van der Waals surface area contributed by atoms with Gasteiger partial charge in [-0.1, -0.05) is 15.9 Å². The molecule has 0 amide bonds. The quantitative estimate of drug-likeness (QED) is 0.672. The van der Waals surface area contributed by atoms with Crippen LogP contribution in [0.4, 0.5) is 5.69 Å². The molecule has 0 aliphatic rings. The van der Waals surface area contributed by atoms with Crippen molar-refractivity contribution in [3.63, 3.8) is 0 Å². The van der Waals surface area contributed by atoms with E-state index in [1.807, 2.05) is 6.92 Å². The maximum absolute atomic E-state index is 11.8. The van der Waals surface area contributed by atoms with Crippen LogP contribution in [0.25, 0.3) is 0 Å². The second-order valence-corrected chi connectivity index (χ2v) is 9.10. The van der Waals surface area contributed by atoms with E-state index >= 15 is 0 Å². The van der Waals surface area contributed by atoms with Crippen LogP contribution in [0.5, 0.6) is 5.75 Å². The molecule has 0 aliphatic carbocycles. The number of hydrogen-bond acceptors (Lipinski definition) is 5. The topological polar surface area (TPSA) is 89.5 Å². The highest BCUT2D eigenvalue weighted by Gasteiger charge is 2.15. The number of halogens is 1. The number of rotatable bonds is 8. The fourth-order valence-corrected chi connectivity index (χ4v) is 4.65. The molecule has 0 bridgehead atoms. The molecule has 0 saturated heterocycles. The second-order valence-electron chi connectivity index (χ2n) is 4.44. The average molecular weight is 400 g/mol. The fraction of sp³-hybridized carbons (Fsp3) is 0.500. The van der Waals surface area contributed by atoms with Crippen molar-refractivity contribution in [2.24, 2.45) is 0 Å². The van der Waals surface area contributed by atoms with Gasteiger partial charge < -0.3 is 4.74 Å². The van der Waals surface area contributed by atoms with Crippen LogP contribution in [0.15, 0.2) is 18.2 Å². The Balaban J connectivity index is 2.87. The number of sulfone groups is 1. The number of anilines is 1. The minimum atomic E-state index is -3.70. The van der Waals surface area contributed by atoms with Crippen molar-refractivity contribution in [3.8, 4) is 5.75 Å². The van der Waals surface area contributed by atoms with Crippen LogP contribution in [0.1, 0.15) is 12.5 Å². The van der Waals surface area contributed by atoms with Crippen molar-refractivity contribution in [3.05, 3.63) is 23.8 Å². The normalized spacial score (nSPS) is 12.1. The van der Waals surface area contributed by atoms with Gasteiger partial charge >= 0.3 is 0 Å². The summed E-state index contributed by atoms with van der Waals surface area (Å²) in [4.78, 5) is 0. The van der Waals surface area contributed by atoms with Crippen LogP contribution in [0.2, 0.25) is 0 Å². The molecule has 0 fully saturated rings. The number of sulfonamides is 1. The van der Waals surface area contributed by atoms with Crippen molar-refractivity contribution in [1.82, 2.24) is 0 Å². The lowest BCUT2D eigenvalue weighted by molar-refractivity contribution is 0.338. The smallest absolute Gasteiger partial charge is 0.233 e. The van der Waals surface area contributed by atoms with Crippen LogP contribution in [-0.2, 0) is 25.2 Å². The zero-order valence-corrected chi connectivity index (χ0v) is 15.0. The van der Waals surface area contributed by atoms with E-state index in [1.165, 1.54) is 0 Å². The van der Waals surface area contributed by atoms with Crippen LogP contribution in [0.3, 0.4) is 0 Å². The lowest BCUT2D eigenvalue weighted by Crippen LogP contribution is -2.22. The number of benzene rings is 1. The number of ether oxygens (including phenoxy) is 1. The molecule has 1 aromatic carbocycles. The Morgan fingerprint density at radius 2 is 1.86 bits per heavy atom. The molecule has 0 aromatic heterocycles. The molecule has 0 atom stereocenters. The molecule has 0 heterocycles. The largest absolute Gasteiger partial charge is 0.494 e. The molecule has 0 radical (unpaired) electrons. The van der Waals surface area contributed by atoms with Gasteiger partial charge in [-0.25, -0.2) is 16.8 Å². The van der Waals surface area contributed by atoms with Crippen LogP contribution in [-0.4, -0.2) is 41.2 Å². The number of alkyl halides is 1. The summed E-state index contributed by atoms with van der Waals surface area (Å²) >= 11 is 3.31. The number of nitrogens with one attached hydrogen (secondary N) is 1. The maximum Gasteiger partial charge on any atom is 0.233 e. The molecule has 21 heavy (non-hydrogen) atoms. The third-order valence-corrected chi connectivity index (χ3v) is 5.60. The highest BCUT2D eigenvalue weighted by Crippen LogP contribution is 2.25.